The molecule has 3 saturated heterocycles. The molecule has 0 amide bonds. The van der Waals surface area contributed by atoms with Crippen LogP contribution in [0.2, 0.25) is 0 Å². The number of ether oxygens (including phenoxy) is 1. The second-order valence-corrected chi connectivity index (χ2v) is 7.99. The van der Waals surface area contributed by atoms with E-state index in [1.54, 1.807) is 0 Å². The van der Waals surface area contributed by atoms with Gasteiger partial charge < -0.3 is 9.84 Å². The predicted octanol–water partition coefficient (Wildman–Crippen LogP) is 0.823. The Kier molecular flexibility index (Phi) is 3.77. The summed E-state index contributed by atoms with van der Waals surface area (Å²) in [5.41, 5.74) is 0. The second kappa shape index (κ2) is 5.27. The number of carboxylic acid groups (broad SMARTS) is 1. The summed E-state index contributed by atoms with van der Waals surface area (Å²) < 4.78 is 32.2. The van der Waals surface area contributed by atoms with E-state index in [0.717, 1.165) is 25.7 Å². The van der Waals surface area contributed by atoms with Crippen molar-refractivity contribution >= 4 is 16.0 Å². The molecule has 0 radical (unpaired) electrons. The van der Waals surface area contributed by atoms with Gasteiger partial charge in [0.05, 0.1) is 17.8 Å². The van der Waals surface area contributed by atoms with Gasteiger partial charge in [0.1, 0.15) is 0 Å². The van der Waals surface area contributed by atoms with Gasteiger partial charge in [-0.25, -0.2) is 8.42 Å². The summed E-state index contributed by atoms with van der Waals surface area (Å²) in [6, 6.07) is -0.458. The second-order valence-electron chi connectivity index (χ2n) is 6.08. The fourth-order valence-electron chi connectivity index (χ4n) is 3.90. The Labute approximate surface area is 119 Å². The Morgan fingerprint density at radius 1 is 1.25 bits per heavy atom. The third kappa shape index (κ3) is 2.46. The highest BCUT2D eigenvalue weighted by atomic mass is 32.2. The van der Waals surface area contributed by atoms with Crippen LogP contribution in [0.5, 0.6) is 0 Å². The molecule has 4 unspecified atom stereocenters. The smallest absolute Gasteiger partial charge is 0.308 e. The van der Waals surface area contributed by atoms with Crippen LogP contribution in [0.15, 0.2) is 0 Å². The maximum atomic E-state index is 12.6. The van der Waals surface area contributed by atoms with Gasteiger partial charge in [0.2, 0.25) is 10.0 Å². The molecule has 0 spiro atoms. The topological polar surface area (TPSA) is 83.9 Å². The van der Waals surface area contributed by atoms with Crippen molar-refractivity contribution in [2.75, 3.05) is 12.4 Å². The molecule has 6 nitrogen and oxygen atoms in total. The van der Waals surface area contributed by atoms with Crippen LogP contribution < -0.4 is 0 Å². The zero-order chi connectivity index (χ0) is 14.3. The van der Waals surface area contributed by atoms with Crippen LogP contribution in [-0.2, 0) is 19.6 Å². The number of nitrogens with zero attached hydrogens (tertiary/aromatic N) is 1. The van der Waals surface area contributed by atoms with Gasteiger partial charge in [-0.15, -0.1) is 0 Å². The number of sulfonamides is 1. The number of aliphatic carboxylic acids is 1. The van der Waals surface area contributed by atoms with E-state index in [4.69, 9.17) is 4.74 Å². The van der Waals surface area contributed by atoms with E-state index >= 15 is 0 Å². The first-order valence-electron chi connectivity index (χ1n) is 7.34. The van der Waals surface area contributed by atoms with Gasteiger partial charge in [0.15, 0.2) is 0 Å². The number of hydrogen-bond donors (Lipinski definition) is 1. The van der Waals surface area contributed by atoms with Crippen molar-refractivity contribution in [2.24, 2.45) is 5.92 Å². The highest BCUT2D eigenvalue weighted by molar-refractivity contribution is 7.89. The molecule has 4 atom stereocenters. The number of carboxylic acids is 1. The van der Waals surface area contributed by atoms with Crippen molar-refractivity contribution in [1.29, 1.82) is 0 Å². The molecule has 114 valence electrons. The van der Waals surface area contributed by atoms with Gasteiger partial charge in [-0.3, -0.25) is 4.79 Å². The van der Waals surface area contributed by atoms with E-state index in [1.165, 1.54) is 4.31 Å². The van der Waals surface area contributed by atoms with Crippen molar-refractivity contribution in [3.8, 4) is 0 Å². The van der Waals surface area contributed by atoms with Crippen molar-refractivity contribution in [2.45, 2.75) is 56.7 Å². The summed E-state index contributed by atoms with van der Waals surface area (Å²) in [5, 5.41) is 9.19. The lowest BCUT2D eigenvalue weighted by molar-refractivity contribution is -0.142. The van der Waals surface area contributed by atoms with Crippen LogP contribution in [0.4, 0.5) is 0 Å². The summed E-state index contributed by atoms with van der Waals surface area (Å²) in [6.45, 7) is 0.630. The first-order chi connectivity index (χ1) is 9.49. The molecule has 20 heavy (non-hydrogen) atoms. The van der Waals surface area contributed by atoms with E-state index in [-0.39, 0.29) is 23.9 Å². The Morgan fingerprint density at radius 3 is 2.65 bits per heavy atom. The summed E-state index contributed by atoms with van der Waals surface area (Å²) in [4.78, 5) is 11.2. The summed E-state index contributed by atoms with van der Waals surface area (Å²) in [7, 11) is -3.42. The number of carbonyl (C=O) groups is 1. The minimum Gasteiger partial charge on any atom is -0.481 e. The third-order valence-electron chi connectivity index (χ3n) is 4.78. The van der Waals surface area contributed by atoms with Crippen molar-refractivity contribution in [3.05, 3.63) is 0 Å². The molecular formula is C13H21NO5S. The van der Waals surface area contributed by atoms with E-state index in [0.29, 0.717) is 19.4 Å². The third-order valence-corrected chi connectivity index (χ3v) is 6.79. The van der Waals surface area contributed by atoms with Gasteiger partial charge in [0, 0.05) is 18.7 Å². The fraction of sp³-hybridized carbons (Fsp3) is 0.923. The zero-order valence-corrected chi connectivity index (χ0v) is 12.2. The SMILES string of the molecule is O=C(O)C1CC2CCC1N2S(=O)(=O)CC1CCCCO1. The molecule has 1 N–H and O–H groups in total. The van der Waals surface area contributed by atoms with E-state index in [2.05, 4.69) is 0 Å². The van der Waals surface area contributed by atoms with Crippen molar-refractivity contribution < 1.29 is 23.1 Å². The largest absolute Gasteiger partial charge is 0.481 e. The first kappa shape index (κ1) is 14.3. The van der Waals surface area contributed by atoms with Gasteiger partial charge in [0.25, 0.3) is 0 Å². The molecule has 0 saturated carbocycles. The lowest BCUT2D eigenvalue weighted by Gasteiger charge is -2.27. The molecule has 3 rings (SSSR count). The van der Waals surface area contributed by atoms with Crippen LogP contribution in [0.3, 0.4) is 0 Å². The quantitative estimate of drug-likeness (QED) is 0.831. The number of rotatable bonds is 4. The van der Waals surface area contributed by atoms with Gasteiger partial charge >= 0.3 is 5.97 Å². The Morgan fingerprint density at radius 2 is 2.05 bits per heavy atom. The van der Waals surface area contributed by atoms with E-state index in [1.807, 2.05) is 0 Å². The lowest BCUT2D eigenvalue weighted by atomic mass is 9.89. The minimum absolute atomic E-state index is 0.00629. The van der Waals surface area contributed by atoms with Crippen LogP contribution >= 0.6 is 0 Å². The molecular weight excluding hydrogens is 282 g/mol. The van der Waals surface area contributed by atoms with Gasteiger partial charge in [-0.05, 0) is 38.5 Å². The Balaban J connectivity index is 1.73. The van der Waals surface area contributed by atoms with Crippen LogP contribution in [0.25, 0.3) is 0 Å². The molecule has 0 aromatic rings. The standard InChI is InChI=1S/C13H21NO5S/c15-13(16)11-7-9-4-5-12(11)14(9)20(17,18)8-10-3-1-2-6-19-10/h9-12H,1-8H2,(H,15,16). The average molecular weight is 303 g/mol. The molecule has 3 aliphatic heterocycles. The van der Waals surface area contributed by atoms with Crippen molar-refractivity contribution in [1.82, 2.24) is 4.31 Å². The lowest BCUT2D eigenvalue weighted by Crippen LogP contribution is -2.42. The fourth-order valence-corrected chi connectivity index (χ4v) is 6.11. The molecule has 3 heterocycles. The first-order valence-corrected chi connectivity index (χ1v) is 8.95. The van der Waals surface area contributed by atoms with Crippen LogP contribution in [0, 0.1) is 5.92 Å². The maximum absolute atomic E-state index is 12.6. The molecule has 7 heteroatoms. The predicted molar refractivity (Wildman–Crippen MR) is 71.8 cm³/mol. The molecule has 3 aliphatic rings. The summed E-state index contributed by atoms with van der Waals surface area (Å²) in [5.74, 6) is -1.39. The normalized spacial score (nSPS) is 38.2. The zero-order valence-electron chi connectivity index (χ0n) is 11.4. The Bertz CT molecular complexity index is 485. The molecule has 3 fully saturated rings. The van der Waals surface area contributed by atoms with Gasteiger partial charge in [-0.1, -0.05) is 0 Å². The number of hydrogen-bond acceptors (Lipinski definition) is 4. The maximum Gasteiger partial charge on any atom is 0.308 e. The van der Waals surface area contributed by atoms with E-state index < -0.39 is 21.9 Å². The molecule has 0 aromatic carbocycles. The van der Waals surface area contributed by atoms with Crippen LogP contribution in [0.1, 0.15) is 38.5 Å². The monoisotopic (exact) mass is 303 g/mol. The summed E-state index contributed by atoms with van der Waals surface area (Å²) in [6.07, 6.45) is 4.48. The van der Waals surface area contributed by atoms with Crippen LogP contribution in [-0.4, -0.2) is 54.3 Å². The molecule has 0 aromatic heterocycles. The minimum atomic E-state index is -3.42. The van der Waals surface area contributed by atoms with Crippen molar-refractivity contribution in [3.63, 3.8) is 0 Å². The molecule has 2 bridgehead atoms. The molecule has 0 aliphatic carbocycles. The summed E-state index contributed by atoms with van der Waals surface area (Å²) >= 11 is 0. The highest BCUT2D eigenvalue weighted by Crippen LogP contribution is 2.44. The van der Waals surface area contributed by atoms with Gasteiger partial charge in [-0.2, -0.15) is 4.31 Å². The highest BCUT2D eigenvalue weighted by Gasteiger charge is 2.54. The average Bonchev–Trinajstić information content (AvgIpc) is 2.97. The Hall–Kier alpha value is -0.660. The van der Waals surface area contributed by atoms with E-state index in [9.17, 15) is 18.3 Å². The number of fused-ring (bicyclic) bond motifs is 2.